The lowest BCUT2D eigenvalue weighted by molar-refractivity contribution is 0.302. The summed E-state index contributed by atoms with van der Waals surface area (Å²) in [4.78, 5) is 4.44. The summed E-state index contributed by atoms with van der Waals surface area (Å²) < 4.78 is 0. The Bertz CT molecular complexity index is 205. The van der Waals surface area contributed by atoms with Gasteiger partial charge in [0.05, 0.1) is 11.4 Å². The summed E-state index contributed by atoms with van der Waals surface area (Å²) >= 11 is 12.3. The number of halogens is 2. The van der Waals surface area contributed by atoms with Crippen LogP contribution in [-0.2, 0) is 0 Å². The van der Waals surface area contributed by atoms with Gasteiger partial charge in [-0.25, -0.2) is 0 Å². The van der Waals surface area contributed by atoms with E-state index in [-0.39, 0.29) is 10.8 Å². The number of rotatable bonds is 0. The molecule has 2 rings (SSSR count). The van der Waals surface area contributed by atoms with E-state index in [0.29, 0.717) is 17.9 Å². The van der Waals surface area contributed by atoms with E-state index in [4.69, 9.17) is 23.2 Å². The zero-order valence-corrected chi connectivity index (χ0v) is 8.59. The fourth-order valence-electron chi connectivity index (χ4n) is 2.26. The molecule has 0 bridgehead atoms. The van der Waals surface area contributed by atoms with E-state index in [1.807, 2.05) is 6.21 Å². The molecule has 5 unspecified atom stereocenters. The van der Waals surface area contributed by atoms with Gasteiger partial charge in [-0.05, 0) is 24.7 Å². The number of nitrogens with zero attached hydrogens (tertiary/aromatic N) is 1. The molecule has 3 heteroatoms. The molecule has 0 N–H and O–H groups in total. The maximum atomic E-state index is 6.18. The first-order valence-corrected chi connectivity index (χ1v) is 5.37. The van der Waals surface area contributed by atoms with Crippen LogP contribution in [0.3, 0.4) is 0 Å². The predicted molar refractivity (Wildman–Crippen MR) is 53.5 cm³/mol. The third kappa shape index (κ3) is 1.38. The average molecular weight is 206 g/mol. The van der Waals surface area contributed by atoms with Gasteiger partial charge in [0, 0.05) is 11.6 Å². The molecule has 5 atom stereocenters. The maximum absolute atomic E-state index is 6.18. The Hall–Kier alpha value is 0.250. The van der Waals surface area contributed by atoms with Crippen molar-refractivity contribution in [1.29, 1.82) is 0 Å². The van der Waals surface area contributed by atoms with Gasteiger partial charge in [-0.15, -0.1) is 23.2 Å². The van der Waals surface area contributed by atoms with Crippen LogP contribution < -0.4 is 0 Å². The van der Waals surface area contributed by atoms with Crippen LogP contribution in [0.4, 0.5) is 0 Å². The highest BCUT2D eigenvalue weighted by molar-refractivity contribution is 6.24. The number of alkyl halides is 2. The molecule has 1 aliphatic heterocycles. The van der Waals surface area contributed by atoms with Gasteiger partial charge in [-0.2, -0.15) is 0 Å². The fraction of sp³-hybridized carbons (Fsp3) is 0.889. The topological polar surface area (TPSA) is 12.4 Å². The summed E-state index contributed by atoms with van der Waals surface area (Å²) in [6, 6.07) is 0.344. The van der Waals surface area contributed by atoms with E-state index >= 15 is 0 Å². The van der Waals surface area contributed by atoms with E-state index in [1.54, 1.807) is 0 Å². The number of aliphatic imine (C=N–C) groups is 1. The minimum atomic E-state index is 0.160. The minimum Gasteiger partial charge on any atom is -0.292 e. The molecule has 1 fully saturated rings. The first-order chi connectivity index (χ1) is 5.68. The van der Waals surface area contributed by atoms with E-state index in [9.17, 15) is 0 Å². The van der Waals surface area contributed by atoms with Crippen molar-refractivity contribution in [1.82, 2.24) is 0 Å². The van der Waals surface area contributed by atoms with Gasteiger partial charge in [0.15, 0.2) is 0 Å². The van der Waals surface area contributed by atoms with Crippen molar-refractivity contribution >= 4 is 29.4 Å². The quantitative estimate of drug-likeness (QED) is 0.540. The van der Waals surface area contributed by atoms with Crippen LogP contribution in [0.5, 0.6) is 0 Å². The largest absolute Gasteiger partial charge is 0.292 e. The molecule has 0 amide bonds. The molecule has 12 heavy (non-hydrogen) atoms. The second-order valence-corrected chi connectivity index (χ2v) is 5.07. The van der Waals surface area contributed by atoms with Crippen molar-refractivity contribution < 1.29 is 0 Å². The Morgan fingerprint density at radius 2 is 2.08 bits per heavy atom. The molecule has 0 aromatic rings. The normalized spacial score (nSPS) is 52.4. The third-order valence-electron chi connectivity index (χ3n) is 2.99. The minimum absolute atomic E-state index is 0.160. The molecule has 0 saturated heterocycles. The van der Waals surface area contributed by atoms with Gasteiger partial charge in [-0.3, -0.25) is 4.99 Å². The molecular weight excluding hydrogens is 193 g/mol. The van der Waals surface area contributed by atoms with Crippen LogP contribution in [0.25, 0.3) is 0 Å². The van der Waals surface area contributed by atoms with Crippen molar-refractivity contribution in [2.24, 2.45) is 16.8 Å². The van der Waals surface area contributed by atoms with Crippen molar-refractivity contribution in [3.63, 3.8) is 0 Å². The Morgan fingerprint density at radius 3 is 2.83 bits per heavy atom. The zero-order valence-electron chi connectivity index (χ0n) is 7.08. The molecule has 1 heterocycles. The van der Waals surface area contributed by atoms with Gasteiger partial charge in [0.2, 0.25) is 0 Å². The smallest absolute Gasteiger partial charge is 0.0694 e. The second kappa shape index (κ2) is 3.19. The van der Waals surface area contributed by atoms with E-state index < -0.39 is 0 Å². The maximum Gasteiger partial charge on any atom is 0.0694 e. The van der Waals surface area contributed by atoms with Crippen molar-refractivity contribution in [2.45, 2.75) is 36.6 Å². The van der Waals surface area contributed by atoms with Gasteiger partial charge in [0.25, 0.3) is 0 Å². The van der Waals surface area contributed by atoms with Crippen molar-refractivity contribution in [2.75, 3.05) is 0 Å². The summed E-state index contributed by atoms with van der Waals surface area (Å²) in [6.45, 7) is 2.20. The van der Waals surface area contributed by atoms with Crippen LogP contribution in [-0.4, -0.2) is 23.0 Å². The number of fused-ring (bicyclic) bond motifs is 1. The first kappa shape index (κ1) is 8.83. The van der Waals surface area contributed by atoms with Gasteiger partial charge < -0.3 is 0 Å². The molecule has 0 aromatic heterocycles. The van der Waals surface area contributed by atoms with Gasteiger partial charge in [-0.1, -0.05) is 6.92 Å². The lowest BCUT2D eigenvalue weighted by Gasteiger charge is -2.33. The lowest BCUT2D eigenvalue weighted by atomic mass is 9.79. The van der Waals surface area contributed by atoms with Crippen molar-refractivity contribution in [3.05, 3.63) is 0 Å². The van der Waals surface area contributed by atoms with Crippen LogP contribution in [0.15, 0.2) is 4.99 Å². The lowest BCUT2D eigenvalue weighted by Crippen LogP contribution is -2.37. The molecule has 1 nitrogen and oxygen atoms in total. The summed E-state index contributed by atoms with van der Waals surface area (Å²) in [5.74, 6) is 1.17. The SMILES string of the molecule is CC1C=NC2C(Cl)CC(Cl)CC12. The Morgan fingerprint density at radius 1 is 1.33 bits per heavy atom. The first-order valence-electron chi connectivity index (χ1n) is 4.50. The molecule has 0 aromatic carbocycles. The fourth-order valence-corrected chi connectivity index (χ4v) is 3.21. The highest BCUT2D eigenvalue weighted by atomic mass is 35.5. The van der Waals surface area contributed by atoms with E-state index in [1.165, 1.54) is 0 Å². The van der Waals surface area contributed by atoms with Crippen LogP contribution >= 0.6 is 23.2 Å². The zero-order chi connectivity index (χ0) is 8.72. The monoisotopic (exact) mass is 205 g/mol. The molecule has 0 spiro atoms. The van der Waals surface area contributed by atoms with Crippen LogP contribution in [0.1, 0.15) is 19.8 Å². The van der Waals surface area contributed by atoms with Crippen LogP contribution in [0.2, 0.25) is 0 Å². The summed E-state index contributed by atoms with van der Waals surface area (Å²) in [5.41, 5.74) is 0. The predicted octanol–water partition coefficient (Wildman–Crippen LogP) is 2.70. The Balaban J connectivity index is 2.13. The molecular formula is C9H13Cl2N. The average Bonchev–Trinajstić information content (AvgIpc) is 2.33. The molecule has 2 aliphatic rings. The van der Waals surface area contributed by atoms with Gasteiger partial charge >= 0.3 is 0 Å². The molecule has 68 valence electrons. The summed E-state index contributed by atoms with van der Waals surface area (Å²) in [5, 5.41) is 0.422. The Kier molecular flexibility index (Phi) is 2.35. The summed E-state index contributed by atoms with van der Waals surface area (Å²) in [7, 11) is 0. The highest BCUT2D eigenvalue weighted by Gasteiger charge is 2.40. The van der Waals surface area contributed by atoms with Gasteiger partial charge in [0.1, 0.15) is 0 Å². The standard InChI is InChI=1S/C9H13Cl2N/c1-5-4-12-9-7(5)2-6(10)3-8(9)11/h4-9H,2-3H2,1H3. The third-order valence-corrected chi connectivity index (χ3v) is 3.78. The number of hydrogen-bond acceptors (Lipinski definition) is 1. The van der Waals surface area contributed by atoms with Crippen LogP contribution in [0, 0.1) is 11.8 Å². The van der Waals surface area contributed by atoms with E-state index in [0.717, 1.165) is 12.8 Å². The summed E-state index contributed by atoms with van der Waals surface area (Å²) in [6.07, 6.45) is 4.03. The van der Waals surface area contributed by atoms with E-state index in [2.05, 4.69) is 11.9 Å². The molecule has 1 aliphatic carbocycles. The Labute approximate surface area is 83.1 Å². The second-order valence-electron chi connectivity index (χ2n) is 3.90. The molecule has 1 saturated carbocycles. The van der Waals surface area contributed by atoms with Crippen molar-refractivity contribution in [3.8, 4) is 0 Å². The number of hydrogen-bond donors (Lipinski definition) is 0. The molecule has 0 radical (unpaired) electrons. The highest BCUT2D eigenvalue weighted by Crippen LogP contribution is 2.39.